The Morgan fingerprint density at radius 1 is 0.957 bits per heavy atom. The lowest BCUT2D eigenvalue weighted by molar-refractivity contribution is -0.110. The van der Waals surface area contributed by atoms with Crippen molar-refractivity contribution in [2.24, 2.45) is 0 Å². The molecule has 23 heavy (non-hydrogen) atoms. The van der Waals surface area contributed by atoms with Crippen LogP contribution in [-0.2, 0) is 4.79 Å². The number of ketones is 1. The summed E-state index contributed by atoms with van der Waals surface area (Å²) in [6.45, 7) is 14.3. The van der Waals surface area contributed by atoms with E-state index >= 15 is 0 Å². The molecule has 0 aliphatic rings. The summed E-state index contributed by atoms with van der Waals surface area (Å²) in [6, 6.07) is 0. The van der Waals surface area contributed by atoms with Gasteiger partial charge >= 0.3 is 0 Å². The lowest BCUT2D eigenvalue weighted by atomic mass is 9.86. The van der Waals surface area contributed by atoms with Crippen LogP contribution in [0.4, 0.5) is 0 Å². The Morgan fingerprint density at radius 3 is 1.87 bits per heavy atom. The van der Waals surface area contributed by atoms with E-state index in [4.69, 9.17) is 0 Å². The van der Waals surface area contributed by atoms with Gasteiger partial charge in [-0.05, 0) is 32.0 Å². The SMILES string of the molecule is C=CC(=O)/C=C\N(C=C)C(C)(CCCCCC)CCCCCC. The zero-order chi connectivity index (χ0) is 17.6. The van der Waals surface area contributed by atoms with Crippen LogP contribution >= 0.6 is 0 Å². The van der Waals surface area contributed by atoms with Crippen LogP contribution in [0.1, 0.15) is 85.0 Å². The Kier molecular flexibility index (Phi) is 12.4. The zero-order valence-electron chi connectivity index (χ0n) is 15.7. The van der Waals surface area contributed by atoms with Crippen LogP contribution in [-0.4, -0.2) is 16.2 Å². The van der Waals surface area contributed by atoms with Gasteiger partial charge in [0.25, 0.3) is 0 Å². The summed E-state index contributed by atoms with van der Waals surface area (Å²) >= 11 is 0. The predicted octanol–water partition coefficient (Wildman–Crippen LogP) is 6.40. The highest BCUT2D eigenvalue weighted by Crippen LogP contribution is 2.30. The van der Waals surface area contributed by atoms with E-state index in [2.05, 4.69) is 38.8 Å². The molecule has 0 bridgehead atoms. The number of allylic oxidation sites excluding steroid dienone is 2. The number of carbonyl (C=O) groups is 1. The van der Waals surface area contributed by atoms with Crippen LogP contribution in [0.3, 0.4) is 0 Å². The highest BCUT2D eigenvalue weighted by molar-refractivity contribution is 5.98. The van der Waals surface area contributed by atoms with E-state index in [0.29, 0.717) is 0 Å². The fourth-order valence-electron chi connectivity index (χ4n) is 2.93. The van der Waals surface area contributed by atoms with Gasteiger partial charge in [-0.2, -0.15) is 0 Å². The molecule has 0 fully saturated rings. The summed E-state index contributed by atoms with van der Waals surface area (Å²) in [7, 11) is 0. The molecule has 0 aromatic heterocycles. The number of hydrogen-bond acceptors (Lipinski definition) is 2. The van der Waals surface area contributed by atoms with Crippen molar-refractivity contribution in [3.05, 3.63) is 37.7 Å². The van der Waals surface area contributed by atoms with Gasteiger partial charge in [0.15, 0.2) is 5.78 Å². The second-order valence-electron chi connectivity index (χ2n) is 6.63. The van der Waals surface area contributed by atoms with Crippen LogP contribution in [0.2, 0.25) is 0 Å². The van der Waals surface area contributed by atoms with E-state index in [-0.39, 0.29) is 11.3 Å². The number of unbranched alkanes of at least 4 members (excludes halogenated alkanes) is 6. The van der Waals surface area contributed by atoms with E-state index < -0.39 is 0 Å². The fraction of sp³-hybridized carbons (Fsp3) is 0.667. The van der Waals surface area contributed by atoms with Gasteiger partial charge in [-0.3, -0.25) is 4.79 Å². The summed E-state index contributed by atoms with van der Waals surface area (Å²) in [5.41, 5.74) is 0.0428. The minimum atomic E-state index is -0.0591. The van der Waals surface area contributed by atoms with Crippen LogP contribution in [0.25, 0.3) is 0 Å². The van der Waals surface area contributed by atoms with Crippen molar-refractivity contribution in [3.63, 3.8) is 0 Å². The molecule has 0 rings (SSSR count). The molecule has 0 aromatic carbocycles. The zero-order valence-corrected chi connectivity index (χ0v) is 15.7. The fourth-order valence-corrected chi connectivity index (χ4v) is 2.93. The first-order valence-electron chi connectivity index (χ1n) is 9.29. The average molecular weight is 320 g/mol. The van der Waals surface area contributed by atoms with Crippen LogP contribution < -0.4 is 0 Å². The van der Waals surface area contributed by atoms with E-state index in [1.165, 1.54) is 57.4 Å². The molecule has 0 atom stereocenters. The normalized spacial score (nSPS) is 11.6. The smallest absolute Gasteiger partial charge is 0.179 e. The molecule has 0 N–H and O–H groups in total. The molecule has 0 aliphatic carbocycles. The molecule has 0 saturated heterocycles. The van der Waals surface area contributed by atoms with Crippen molar-refractivity contribution < 1.29 is 4.79 Å². The predicted molar refractivity (Wildman–Crippen MR) is 102 cm³/mol. The third-order valence-corrected chi connectivity index (χ3v) is 4.56. The Balaban J connectivity index is 4.86. The number of hydrogen-bond donors (Lipinski definition) is 0. The molecule has 0 unspecified atom stereocenters. The number of carbonyl (C=O) groups excluding carboxylic acids is 1. The maximum absolute atomic E-state index is 11.5. The summed E-state index contributed by atoms with van der Waals surface area (Å²) in [6.07, 6.45) is 19.1. The maximum Gasteiger partial charge on any atom is 0.179 e. The minimum Gasteiger partial charge on any atom is -0.349 e. The van der Waals surface area contributed by atoms with Gasteiger partial charge in [0.2, 0.25) is 0 Å². The largest absolute Gasteiger partial charge is 0.349 e. The van der Waals surface area contributed by atoms with Crippen molar-refractivity contribution in [2.75, 3.05) is 0 Å². The summed E-state index contributed by atoms with van der Waals surface area (Å²) in [5, 5.41) is 0. The van der Waals surface area contributed by atoms with Gasteiger partial charge in [-0.15, -0.1) is 0 Å². The van der Waals surface area contributed by atoms with E-state index in [1.54, 1.807) is 6.08 Å². The van der Waals surface area contributed by atoms with Crippen molar-refractivity contribution >= 4 is 5.78 Å². The Bertz CT molecular complexity index is 358. The average Bonchev–Trinajstić information content (AvgIpc) is 2.56. The molecule has 2 nitrogen and oxygen atoms in total. The first-order valence-corrected chi connectivity index (χ1v) is 9.29. The molecule has 0 aliphatic heterocycles. The van der Waals surface area contributed by atoms with Gasteiger partial charge in [-0.25, -0.2) is 0 Å². The Hall–Kier alpha value is -1.31. The van der Waals surface area contributed by atoms with E-state index in [9.17, 15) is 4.79 Å². The summed E-state index contributed by atoms with van der Waals surface area (Å²) < 4.78 is 0. The minimum absolute atomic E-state index is 0.0428. The third-order valence-electron chi connectivity index (χ3n) is 4.56. The quantitative estimate of drug-likeness (QED) is 0.257. The second kappa shape index (κ2) is 13.2. The van der Waals surface area contributed by atoms with Crippen LogP contribution in [0, 0.1) is 0 Å². The molecule has 0 amide bonds. The highest BCUT2D eigenvalue weighted by Gasteiger charge is 2.27. The van der Waals surface area contributed by atoms with Gasteiger partial charge in [-0.1, -0.05) is 78.4 Å². The van der Waals surface area contributed by atoms with Crippen LogP contribution in [0.5, 0.6) is 0 Å². The molecule has 0 saturated carbocycles. The molecule has 0 heterocycles. The molecular formula is C21H37NO. The monoisotopic (exact) mass is 319 g/mol. The molecular weight excluding hydrogens is 282 g/mol. The lowest BCUT2D eigenvalue weighted by Crippen LogP contribution is -2.39. The third kappa shape index (κ3) is 9.43. The highest BCUT2D eigenvalue weighted by atomic mass is 16.1. The van der Waals surface area contributed by atoms with Gasteiger partial charge in [0.1, 0.15) is 0 Å². The number of rotatable bonds is 15. The molecule has 0 radical (unpaired) electrons. The van der Waals surface area contributed by atoms with E-state index in [1.807, 2.05) is 12.4 Å². The summed E-state index contributed by atoms with van der Waals surface area (Å²) in [4.78, 5) is 13.6. The van der Waals surface area contributed by atoms with Crippen molar-refractivity contribution in [2.45, 2.75) is 90.5 Å². The standard InChI is InChI=1S/C21H37NO/c1-6-10-12-14-17-21(5,18-15-13-11-7-2)22(9-4)19-16-20(23)8-3/h8-9,16,19H,3-4,6-7,10-15,17-18H2,1-2,5H3/b19-16-. The second-order valence-corrected chi connectivity index (χ2v) is 6.63. The molecule has 0 aromatic rings. The van der Waals surface area contributed by atoms with Gasteiger partial charge in [0, 0.05) is 17.8 Å². The molecule has 2 heteroatoms. The number of nitrogens with zero attached hydrogens (tertiary/aromatic N) is 1. The summed E-state index contributed by atoms with van der Waals surface area (Å²) in [5.74, 6) is -0.0591. The van der Waals surface area contributed by atoms with Gasteiger partial charge in [0.05, 0.1) is 0 Å². The maximum atomic E-state index is 11.5. The molecule has 0 spiro atoms. The van der Waals surface area contributed by atoms with Crippen molar-refractivity contribution in [1.29, 1.82) is 0 Å². The first kappa shape index (κ1) is 21.7. The van der Waals surface area contributed by atoms with Crippen molar-refractivity contribution in [3.8, 4) is 0 Å². The Morgan fingerprint density at radius 2 is 1.48 bits per heavy atom. The lowest BCUT2D eigenvalue weighted by Gasteiger charge is -2.39. The van der Waals surface area contributed by atoms with Gasteiger partial charge < -0.3 is 4.90 Å². The van der Waals surface area contributed by atoms with Crippen molar-refractivity contribution in [1.82, 2.24) is 4.90 Å². The topological polar surface area (TPSA) is 20.3 Å². The first-order chi connectivity index (χ1) is 11.0. The van der Waals surface area contributed by atoms with E-state index in [0.717, 1.165) is 12.8 Å². The Labute approximate surface area is 144 Å². The van der Waals surface area contributed by atoms with Crippen LogP contribution in [0.15, 0.2) is 37.7 Å². The molecule has 132 valence electrons.